The van der Waals surface area contributed by atoms with Gasteiger partial charge >= 0.3 is 5.97 Å². The van der Waals surface area contributed by atoms with Crippen LogP contribution in [0.4, 0.5) is 0 Å². The van der Waals surface area contributed by atoms with E-state index < -0.39 is 10.7 Å². The van der Waals surface area contributed by atoms with Crippen LogP contribution >= 0.6 is 11.8 Å². The second kappa shape index (κ2) is 7.12. The average Bonchev–Trinajstić information content (AvgIpc) is 2.62. The fourth-order valence-electron chi connectivity index (χ4n) is 3.15. The monoisotopic (exact) mass is 365 g/mol. The summed E-state index contributed by atoms with van der Waals surface area (Å²) in [5.41, 5.74) is 3.54. The summed E-state index contributed by atoms with van der Waals surface area (Å²) >= 11 is 1.37. The minimum absolute atomic E-state index is 0.112. The third-order valence-electron chi connectivity index (χ3n) is 4.80. The Morgan fingerprint density at radius 3 is 2.46 bits per heavy atom. The summed E-state index contributed by atoms with van der Waals surface area (Å²) in [6.45, 7) is 7.75. The average molecular weight is 365 g/mol. The van der Waals surface area contributed by atoms with Crippen molar-refractivity contribution in [3.63, 3.8) is 0 Å². The smallest absolute Gasteiger partial charge is 0.319 e. The lowest BCUT2D eigenvalue weighted by Gasteiger charge is -2.23. The molecule has 0 spiro atoms. The van der Waals surface area contributed by atoms with Crippen molar-refractivity contribution in [3.05, 3.63) is 71.5 Å². The first-order valence-electron chi connectivity index (χ1n) is 8.66. The van der Waals surface area contributed by atoms with Crippen molar-refractivity contribution < 1.29 is 9.90 Å². The summed E-state index contributed by atoms with van der Waals surface area (Å²) in [5.74, 6) is -0.708. The molecule has 1 atom stereocenters. The van der Waals surface area contributed by atoms with E-state index in [1.54, 1.807) is 20.0 Å². The maximum atomic E-state index is 11.6. The number of benzene rings is 2. The zero-order chi connectivity index (χ0) is 18.9. The number of aliphatic carboxylic acids is 1. The normalized spacial score (nSPS) is 12.9. The molecule has 0 amide bonds. The number of carbonyl (C=O) groups is 1. The van der Waals surface area contributed by atoms with Crippen molar-refractivity contribution >= 4 is 28.5 Å². The van der Waals surface area contributed by atoms with E-state index in [0.29, 0.717) is 0 Å². The van der Waals surface area contributed by atoms with E-state index >= 15 is 0 Å². The first-order valence-corrected chi connectivity index (χ1v) is 9.47. The molecule has 1 N–H and O–H groups in total. The topological polar surface area (TPSA) is 50.2 Å². The minimum atomic E-state index is -0.898. The van der Waals surface area contributed by atoms with Gasteiger partial charge in [-0.2, -0.15) is 0 Å². The quantitative estimate of drug-likeness (QED) is 0.594. The van der Waals surface area contributed by atoms with Gasteiger partial charge in [-0.05, 0) is 54.3 Å². The van der Waals surface area contributed by atoms with Gasteiger partial charge in [-0.1, -0.05) is 43.3 Å². The van der Waals surface area contributed by atoms with Crippen molar-refractivity contribution in [2.24, 2.45) is 0 Å². The first-order chi connectivity index (χ1) is 12.3. The maximum absolute atomic E-state index is 11.6. The van der Waals surface area contributed by atoms with E-state index in [2.05, 4.69) is 55.2 Å². The van der Waals surface area contributed by atoms with Crippen molar-refractivity contribution in [1.29, 1.82) is 0 Å². The lowest BCUT2D eigenvalue weighted by molar-refractivity contribution is -0.138. The number of nitrogens with zero attached hydrogens (tertiary/aromatic N) is 1. The second-order valence-corrected chi connectivity index (χ2v) is 8.73. The molecule has 3 rings (SSSR count). The highest BCUT2D eigenvalue weighted by Crippen LogP contribution is 2.40. The first kappa shape index (κ1) is 18.5. The van der Waals surface area contributed by atoms with Crippen molar-refractivity contribution in [2.75, 3.05) is 0 Å². The molecular weight excluding hydrogens is 342 g/mol. The van der Waals surface area contributed by atoms with Gasteiger partial charge in [-0.3, -0.25) is 9.78 Å². The van der Waals surface area contributed by atoms with E-state index in [0.717, 1.165) is 10.5 Å². The predicted molar refractivity (Wildman–Crippen MR) is 108 cm³/mol. The van der Waals surface area contributed by atoms with Gasteiger partial charge in [0.15, 0.2) is 0 Å². The Labute approximate surface area is 158 Å². The molecule has 0 fully saturated rings. The SMILES string of the molecule is Cc1ccc(C(C)c2cnccc2SC(C)(C)C(=O)O)c2ccccc12. The highest BCUT2D eigenvalue weighted by molar-refractivity contribution is 8.01. The lowest BCUT2D eigenvalue weighted by Crippen LogP contribution is -2.27. The van der Waals surface area contributed by atoms with Crippen LogP contribution in [0.2, 0.25) is 0 Å². The second-order valence-electron chi connectivity index (χ2n) is 7.07. The number of hydrogen-bond acceptors (Lipinski definition) is 3. The molecule has 2 aromatic carbocycles. The van der Waals surface area contributed by atoms with Gasteiger partial charge in [-0.15, -0.1) is 11.8 Å². The Kier molecular flexibility index (Phi) is 5.05. The fourth-order valence-corrected chi connectivity index (χ4v) is 4.26. The number of aromatic nitrogens is 1. The van der Waals surface area contributed by atoms with Crippen LogP contribution in [0.3, 0.4) is 0 Å². The summed E-state index contributed by atoms with van der Waals surface area (Å²) in [5, 5.41) is 12.0. The summed E-state index contributed by atoms with van der Waals surface area (Å²) in [7, 11) is 0. The summed E-state index contributed by atoms with van der Waals surface area (Å²) in [6, 6.07) is 14.7. The van der Waals surface area contributed by atoms with E-state index in [9.17, 15) is 9.90 Å². The van der Waals surface area contributed by atoms with Crippen LogP contribution in [0, 0.1) is 6.92 Å². The molecule has 1 aromatic heterocycles. The van der Waals surface area contributed by atoms with Crippen LogP contribution in [0.15, 0.2) is 59.8 Å². The molecule has 0 saturated carbocycles. The van der Waals surface area contributed by atoms with Gasteiger partial charge < -0.3 is 5.11 Å². The number of carboxylic acid groups (broad SMARTS) is 1. The maximum Gasteiger partial charge on any atom is 0.319 e. The summed E-state index contributed by atoms with van der Waals surface area (Å²) in [4.78, 5) is 16.8. The third kappa shape index (κ3) is 3.47. The molecule has 1 heterocycles. The van der Waals surface area contributed by atoms with Crippen molar-refractivity contribution in [1.82, 2.24) is 4.98 Å². The molecule has 26 heavy (non-hydrogen) atoms. The standard InChI is InChI=1S/C22H23NO2S/c1-14-9-10-17(18-8-6-5-7-16(14)18)15(2)19-13-23-12-11-20(19)26-22(3,4)21(24)25/h5-13,15H,1-4H3,(H,24,25). The van der Waals surface area contributed by atoms with Crippen LogP contribution in [0.1, 0.15) is 43.4 Å². The molecule has 3 aromatic rings. The van der Waals surface area contributed by atoms with Gasteiger partial charge in [0.1, 0.15) is 4.75 Å². The van der Waals surface area contributed by atoms with Gasteiger partial charge in [0.2, 0.25) is 0 Å². The Hall–Kier alpha value is -2.33. The number of aryl methyl sites for hydroxylation is 1. The molecule has 3 nitrogen and oxygen atoms in total. The lowest BCUT2D eigenvalue weighted by atomic mass is 9.89. The van der Waals surface area contributed by atoms with Crippen LogP contribution in [0.25, 0.3) is 10.8 Å². The Bertz CT molecular complexity index is 965. The van der Waals surface area contributed by atoms with Crippen molar-refractivity contribution in [2.45, 2.75) is 43.3 Å². The number of rotatable bonds is 5. The van der Waals surface area contributed by atoms with E-state index in [1.807, 2.05) is 12.3 Å². The molecular formula is C22H23NO2S. The largest absolute Gasteiger partial charge is 0.480 e. The van der Waals surface area contributed by atoms with Crippen LogP contribution in [-0.2, 0) is 4.79 Å². The Morgan fingerprint density at radius 2 is 1.77 bits per heavy atom. The molecule has 0 aliphatic carbocycles. The number of hydrogen-bond donors (Lipinski definition) is 1. The predicted octanol–water partition coefficient (Wildman–Crippen LogP) is 5.65. The minimum Gasteiger partial charge on any atom is -0.480 e. The van der Waals surface area contributed by atoms with Crippen LogP contribution in [-0.4, -0.2) is 20.8 Å². The number of carboxylic acids is 1. The zero-order valence-corrected chi connectivity index (χ0v) is 16.3. The molecule has 0 aliphatic rings. The van der Waals surface area contributed by atoms with Gasteiger partial charge in [0, 0.05) is 23.2 Å². The van der Waals surface area contributed by atoms with E-state index in [1.165, 1.54) is 33.7 Å². The highest BCUT2D eigenvalue weighted by atomic mass is 32.2. The molecule has 4 heteroatoms. The Morgan fingerprint density at radius 1 is 1.08 bits per heavy atom. The summed E-state index contributed by atoms with van der Waals surface area (Å²) in [6.07, 6.45) is 3.59. The number of pyridine rings is 1. The van der Waals surface area contributed by atoms with Gasteiger partial charge in [0.25, 0.3) is 0 Å². The molecule has 1 unspecified atom stereocenters. The third-order valence-corrected chi connectivity index (χ3v) is 6.08. The number of fused-ring (bicyclic) bond motifs is 1. The Balaban J connectivity index is 2.09. The van der Waals surface area contributed by atoms with Gasteiger partial charge in [-0.25, -0.2) is 0 Å². The van der Waals surface area contributed by atoms with E-state index in [-0.39, 0.29) is 5.92 Å². The molecule has 0 saturated heterocycles. The molecule has 0 aliphatic heterocycles. The van der Waals surface area contributed by atoms with Crippen molar-refractivity contribution in [3.8, 4) is 0 Å². The molecule has 134 valence electrons. The number of thioether (sulfide) groups is 1. The van der Waals surface area contributed by atoms with E-state index in [4.69, 9.17) is 0 Å². The highest BCUT2D eigenvalue weighted by Gasteiger charge is 2.30. The van der Waals surface area contributed by atoms with Crippen LogP contribution < -0.4 is 0 Å². The molecule has 0 radical (unpaired) electrons. The van der Waals surface area contributed by atoms with Gasteiger partial charge in [0.05, 0.1) is 0 Å². The van der Waals surface area contributed by atoms with Crippen LogP contribution in [0.5, 0.6) is 0 Å². The fraction of sp³-hybridized carbons (Fsp3) is 0.273. The molecule has 0 bridgehead atoms. The summed E-state index contributed by atoms with van der Waals surface area (Å²) < 4.78 is -0.898. The zero-order valence-electron chi connectivity index (χ0n) is 15.5.